The number of hydrogen-bond acceptors (Lipinski definition) is 6. The summed E-state index contributed by atoms with van der Waals surface area (Å²) >= 11 is 1.38. The molecule has 2 aliphatic rings. The molecule has 32 heavy (non-hydrogen) atoms. The van der Waals surface area contributed by atoms with Crippen molar-refractivity contribution in [3.8, 4) is 5.75 Å². The van der Waals surface area contributed by atoms with Crippen LogP contribution in [-0.2, 0) is 10.5 Å². The van der Waals surface area contributed by atoms with Crippen molar-refractivity contribution in [2.45, 2.75) is 43.1 Å². The molecule has 3 aromatic rings. The molecule has 0 unspecified atom stereocenters. The van der Waals surface area contributed by atoms with E-state index in [2.05, 4.69) is 10.3 Å². The molecule has 0 spiro atoms. The molecule has 0 radical (unpaired) electrons. The molecule has 2 aromatic carbocycles. The summed E-state index contributed by atoms with van der Waals surface area (Å²) in [5.74, 6) is 1.72. The number of nitrogens with one attached hydrogen (secondary N) is 1. The van der Waals surface area contributed by atoms with Crippen LogP contribution >= 0.6 is 11.8 Å². The van der Waals surface area contributed by atoms with E-state index in [1.165, 1.54) is 17.8 Å². The average Bonchev–Trinajstić information content (AvgIpc) is 3.21. The first kappa shape index (κ1) is 20.8. The lowest BCUT2D eigenvalue weighted by Crippen LogP contribution is -2.31. The maximum atomic E-state index is 14.0. The SMILES string of the molecule is CCOc1ccc([C@H]2C3=C(CCCC3=O)Nc3nc(SCc4ccccc4F)nn32)cc1. The fourth-order valence-electron chi connectivity index (χ4n) is 4.18. The van der Waals surface area contributed by atoms with Gasteiger partial charge in [0.05, 0.1) is 6.61 Å². The zero-order valence-electron chi connectivity index (χ0n) is 17.7. The standard InChI is InChI=1S/C24H23FN4O2S/c1-2-31-17-12-10-15(11-13-17)22-21-19(8-5-9-20(21)30)26-23-27-24(28-29(22)23)32-14-16-6-3-4-7-18(16)25/h3-4,6-7,10-13,22H,2,5,8-9,14H2,1H3,(H,26,27,28)/t22-/m0/s1. The number of halogens is 1. The summed E-state index contributed by atoms with van der Waals surface area (Å²) in [5, 5.41) is 8.57. The zero-order valence-corrected chi connectivity index (χ0v) is 18.5. The highest BCUT2D eigenvalue weighted by molar-refractivity contribution is 7.98. The van der Waals surface area contributed by atoms with E-state index in [9.17, 15) is 9.18 Å². The Labute approximate surface area is 189 Å². The van der Waals surface area contributed by atoms with Gasteiger partial charge in [-0.1, -0.05) is 42.1 Å². The van der Waals surface area contributed by atoms with Crippen molar-refractivity contribution in [1.29, 1.82) is 0 Å². The highest BCUT2D eigenvalue weighted by atomic mass is 32.2. The van der Waals surface area contributed by atoms with Crippen LogP contribution in [0.5, 0.6) is 5.75 Å². The number of aromatic nitrogens is 3. The topological polar surface area (TPSA) is 69.0 Å². The van der Waals surface area contributed by atoms with E-state index in [4.69, 9.17) is 9.84 Å². The third-order valence-electron chi connectivity index (χ3n) is 5.67. The third kappa shape index (κ3) is 3.90. The summed E-state index contributed by atoms with van der Waals surface area (Å²) in [6, 6.07) is 14.1. The second-order valence-corrected chi connectivity index (χ2v) is 8.68. The van der Waals surface area contributed by atoms with E-state index in [0.29, 0.717) is 35.4 Å². The molecule has 0 fully saturated rings. The number of thioether (sulfide) groups is 1. The Bertz CT molecular complexity index is 1190. The number of Topliss-reactive ketones (excluding diaryl/α,β-unsaturated/α-hetero) is 1. The van der Waals surface area contributed by atoms with Crippen molar-refractivity contribution in [1.82, 2.24) is 14.8 Å². The Balaban J connectivity index is 1.49. The summed E-state index contributed by atoms with van der Waals surface area (Å²) in [7, 11) is 0. The van der Waals surface area contributed by atoms with Crippen LogP contribution in [0.15, 0.2) is 65.0 Å². The number of ketones is 1. The molecule has 1 aliphatic heterocycles. The molecule has 0 bridgehead atoms. The van der Waals surface area contributed by atoms with E-state index in [1.807, 2.05) is 37.3 Å². The summed E-state index contributed by atoms with van der Waals surface area (Å²) in [5.41, 5.74) is 3.23. The summed E-state index contributed by atoms with van der Waals surface area (Å²) in [4.78, 5) is 17.6. The molecule has 2 heterocycles. The number of rotatable bonds is 6. The van der Waals surface area contributed by atoms with Crippen LogP contribution in [0.2, 0.25) is 0 Å². The van der Waals surface area contributed by atoms with Crippen LogP contribution in [0.25, 0.3) is 0 Å². The van der Waals surface area contributed by atoms with Crippen molar-refractivity contribution >= 4 is 23.5 Å². The number of benzene rings is 2. The molecule has 1 atom stereocenters. The lowest BCUT2D eigenvalue weighted by molar-refractivity contribution is -0.116. The largest absolute Gasteiger partial charge is 0.494 e. The molecule has 164 valence electrons. The van der Waals surface area contributed by atoms with E-state index in [0.717, 1.165) is 35.4 Å². The zero-order chi connectivity index (χ0) is 22.1. The molecule has 1 N–H and O–H groups in total. The maximum absolute atomic E-state index is 14.0. The highest BCUT2D eigenvalue weighted by Gasteiger charge is 2.36. The van der Waals surface area contributed by atoms with E-state index in [-0.39, 0.29) is 17.6 Å². The van der Waals surface area contributed by atoms with Crippen LogP contribution in [0, 0.1) is 5.82 Å². The second kappa shape index (κ2) is 8.78. The lowest BCUT2D eigenvalue weighted by Gasteiger charge is -2.32. The number of fused-ring (bicyclic) bond motifs is 1. The Hall–Kier alpha value is -3.13. The first-order valence-electron chi connectivity index (χ1n) is 10.7. The highest BCUT2D eigenvalue weighted by Crippen LogP contribution is 2.41. The van der Waals surface area contributed by atoms with Gasteiger partial charge in [0.1, 0.15) is 17.6 Å². The molecular weight excluding hydrogens is 427 g/mol. The first-order chi connectivity index (χ1) is 15.6. The molecule has 8 heteroatoms. The van der Waals surface area contributed by atoms with E-state index in [1.54, 1.807) is 16.8 Å². The normalized spacial score (nSPS) is 17.6. The number of hydrogen-bond donors (Lipinski definition) is 1. The Morgan fingerprint density at radius 2 is 2.00 bits per heavy atom. The molecule has 0 saturated heterocycles. The van der Waals surface area contributed by atoms with Crippen LogP contribution in [0.4, 0.5) is 10.3 Å². The molecular formula is C24H23FN4O2S. The Kier molecular flexibility index (Phi) is 5.70. The smallest absolute Gasteiger partial charge is 0.227 e. The van der Waals surface area contributed by atoms with Crippen molar-refractivity contribution in [3.05, 3.63) is 76.7 Å². The van der Waals surface area contributed by atoms with Gasteiger partial charge in [0.25, 0.3) is 0 Å². The summed E-state index contributed by atoms with van der Waals surface area (Å²) in [6.07, 6.45) is 2.16. The van der Waals surface area contributed by atoms with Gasteiger partial charge < -0.3 is 10.1 Å². The second-order valence-electron chi connectivity index (χ2n) is 7.74. The number of anilines is 1. The van der Waals surface area contributed by atoms with Gasteiger partial charge >= 0.3 is 0 Å². The van der Waals surface area contributed by atoms with Crippen molar-refractivity contribution in [2.75, 3.05) is 11.9 Å². The van der Waals surface area contributed by atoms with Gasteiger partial charge in [-0.3, -0.25) is 4.79 Å². The lowest BCUT2D eigenvalue weighted by atomic mass is 9.85. The van der Waals surface area contributed by atoms with Crippen molar-refractivity contribution in [3.63, 3.8) is 0 Å². The first-order valence-corrected chi connectivity index (χ1v) is 11.7. The Morgan fingerprint density at radius 3 is 2.78 bits per heavy atom. The molecule has 0 amide bonds. The molecule has 1 aromatic heterocycles. The quantitative estimate of drug-likeness (QED) is 0.525. The number of ether oxygens (including phenoxy) is 1. The number of nitrogens with zero attached hydrogens (tertiary/aromatic N) is 3. The van der Waals surface area contributed by atoms with Crippen LogP contribution < -0.4 is 10.1 Å². The van der Waals surface area contributed by atoms with Crippen molar-refractivity contribution < 1.29 is 13.9 Å². The Morgan fingerprint density at radius 1 is 1.19 bits per heavy atom. The number of carbonyl (C=O) groups excluding carboxylic acids is 1. The predicted molar refractivity (Wildman–Crippen MR) is 121 cm³/mol. The van der Waals surface area contributed by atoms with E-state index < -0.39 is 0 Å². The fourth-order valence-corrected chi connectivity index (χ4v) is 4.99. The van der Waals surface area contributed by atoms with Gasteiger partial charge in [-0.25, -0.2) is 9.07 Å². The summed E-state index contributed by atoms with van der Waals surface area (Å²) < 4.78 is 21.4. The summed E-state index contributed by atoms with van der Waals surface area (Å²) in [6.45, 7) is 2.54. The van der Waals surface area contributed by atoms with Gasteiger partial charge in [-0.05, 0) is 49.1 Å². The molecule has 0 saturated carbocycles. The van der Waals surface area contributed by atoms with Crippen molar-refractivity contribution in [2.24, 2.45) is 0 Å². The fraction of sp³-hybridized carbons (Fsp3) is 0.292. The molecule has 6 nitrogen and oxygen atoms in total. The van der Waals surface area contributed by atoms with Gasteiger partial charge in [-0.15, -0.1) is 5.10 Å². The monoisotopic (exact) mass is 450 g/mol. The van der Waals surface area contributed by atoms with Gasteiger partial charge in [-0.2, -0.15) is 4.98 Å². The molecule has 5 rings (SSSR count). The third-order valence-corrected chi connectivity index (χ3v) is 6.56. The van der Waals surface area contributed by atoms with Crippen LogP contribution in [0.3, 0.4) is 0 Å². The van der Waals surface area contributed by atoms with Crippen LogP contribution in [-0.4, -0.2) is 27.2 Å². The molecule has 1 aliphatic carbocycles. The van der Waals surface area contributed by atoms with Gasteiger partial charge in [0.2, 0.25) is 11.1 Å². The maximum Gasteiger partial charge on any atom is 0.227 e. The van der Waals surface area contributed by atoms with Crippen LogP contribution in [0.1, 0.15) is 43.4 Å². The van der Waals surface area contributed by atoms with E-state index >= 15 is 0 Å². The average molecular weight is 451 g/mol. The minimum absolute atomic E-state index is 0.138. The predicted octanol–water partition coefficient (Wildman–Crippen LogP) is 5.13. The number of carbonyl (C=O) groups is 1. The van der Waals surface area contributed by atoms with Gasteiger partial charge in [0, 0.05) is 23.4 Å². The minimum atomic E-state index is -0.347. The van der Waals surface area contributed by atoms with Gasteiger partial charge in [0.15, 0.2) is 5.78 Å². The minimum Gasteiger partial charge on any atom is -0.494 e. The number of allylic oxidation sites excluding steroid dienone is 2.